The van der Waals surface area contributed by atoms with E-state index in [0.717, 1.165) is 26.2 Å². The quantitative estimate of drug-likeness (QED) is 0.734. The van der Waals surface area contributed by atoms with E-state index < -0.39 is 0 Å². The third kappa shape index (κ3) is 1.89. The summed E-state index contributed by atoms with van der Waals surface area (Å²) in [6, 6.07) is 2.31. The van der Waals surface area contributed by atoms with Crippen molar-refractivity contribution < 1.29 is 4.42 Å². The molecule has 1 fully saturated rings. The van der Waals surface area contributed by atoms with Gasteiger partial charge in [-0.1, -0.05) is 6.08 Å². The number of piperazine rings is 1. The van der Waals surface area contributed by atoms with Crippen molar-refractivity contribution in [3.05, 3.63) is 36.8 Å². The molecule has 0 radical (unpaired) electrons. The second kappa shape index (κ2) is 4.44. The first-order chi connectivity index (χ1) is 6.92. The Balaban J connectivity index is 2.08. The molecule has 76 valence electrons. The summed E-state index contributed by atoms with van der Waals surface area (Å²) >= 11 is 0. The van der Waals surface area contributed by atoms with Crippen LogP contribution in [0.5, 0.6) is 0 Å². The molecule has 0 amide bonds. The van der Waals surface area contributed by atoms with Gasteiger partial charge in [0.2, 0.25) is 0 Å². The Morgan fingerprint density at radius 3 is 2.86 bits per heavy atom. The summed E-state index contributed by atoms with van der Waals surface area (Å²) in [5.74, 6) is 0. The molecule has 14 heavy (non-hydrogen) atoms. The normalized spacial score (nSPS) is 20.6. The molecule has 0 bridgehead atoms. The minimum absolute atomic E-state index is 0.302. The maximum atomic E-state index is 5.10. The molecule has 3 nitrogen and oxygen atoms in total. The monoisotopic (exact) mass is 192 g/mol. The highest BCUT2D eigenvalue weighted by molar-refractivity contribution is 5.17. The van der Waals surface area contributed by atoms with Gasteiger partial charge in [0.1, 0.15) is 0 Å². The topological polar surface area (TPSA) is 28.4 Å². The fraction of sp³-hybridized carbons (Fsp3) is 0.455. The van der Waals surface area contributed by atoms with Gasteiger partial charge in [-0.15, -0.1) is 6.58 Å². The van der Waals surface area contributed by atoms with E-state index in [9.17, 15) is 0 Å². The maximum Gasteiger partial charge on any atom is 0.0953 e. The number of hydrogen-bond acceptors (Lipinski definition) is 3. The number of nitrogens with one attached hydrogen (secondary N) is 1. The number of nitrogens with zero attached hydrogens (tertiary/aromatic N) is 1. The molecule has 0 aliphatic carbocycles. The van der Waals surface area contributed by atoms with E-state index in [-0.39, 0.29) is 0 Å². The smallest absolute Gasteiger partial charge is 0.0953 e. The first-order valence-corrected chi connectivity index (χ1v) is 5.01. The largest absolute Gasteiger partial charge is 0.472 e. The van der Waals surface area contributed by atoms with Gasteiger partial charge >= 0.3 is 0 Å². The summed E-state index contributed by atoms with van der Waals surface area (Å²) in [6.45, 7) is 8.15. The molecule has 1 aromatic rings. The molecule has 1 N–H and O–H groups in total. The summed E-state index contributed by atoms with van der Waals surface area (Å²) in [5.41, 5.74) is 1.20. The summed E-state index contributed by atoms with van der Waals surface area (Å²) < 4.78 is 5.10. The van der Waals surface area contributed by atoms with Gasteiger partial charge in [-0.3, -0.25) is 4.90 Å². The zero-order chi connectivity index (χ0) is 9.80. The molecule has 0 aromatic carbocycles. The average molecular weight is 192 g/mol. The molecule has 1 aliphatic rings. The maximum absolute atomic E-state index is 5.10. The molecule has 3 heteroatoms. The number of rotatable bonds is 3. The first kappa shape index (κ1) is 9.49. The molecule has 1 aromatic heterocycles. The van der Waals surface area contributed by atoms with E-state index in [1.165, 1.54) is 5.56 Å². The molecular formula is C11H16N2O. The lowest BCUT2D eigenvalue weighted by atomic mass is 10.1. The van der Waals surface area contributed by atoms with Crippen molar-refractivity contribution >= 4 is 0 Å². The lowest BCUT2D eigenvalue weighted by molar-refractivity contribution is 0.203. The van der Waals surface area contributed by atoms with E-state index in [0.29, 0.717) is 6.04 Å². The number of furan rings is 1. The predicted octanol–water partition coefficient (Wildman–Crippen LogP) is 1.41. The lowest BCUT2D eigenvalue weighted by Gasteiger charge is -2.32. The van der Waals surface area contributed by atoms with Crippen LogP contribution >= 0.6 is 0 Å². The standard InChI is InChI=1S/C11H16N2O/c1-2-11(10-3-8-14-9-10)13-6-4-12-5-7-13/h2-3,8-9,11-12H,1,4-7H2/t11-/m0/s1. The van der Waals surface area contributed by atoms with Gasteiger partial charge in [0.05, 0.1) is 18.6 Å². The van der Waals surface area contributed by atoms with Crippen molar-refractivity contribution in [2.45, 2.75) is 6.04 Å². The molecule has 1 saturated heterocycles. The SMILES string of the molecule is C=C[C@@H](c1ccoc1)N1CCNCC1. The van der Waals surface area contributed by atoms with Crippen molar-refractivity contribution in [1.82, 2.24) is 10.2 Å². The molecule has 0 spiro atoms. The van der Waals surface area contributed by atoms with E-state index in [4.69, 9.17) is 4.42 Å². The fourth-order valence-corrected chi connectivity index (χ4v) is 1.90. The summed E-state index contributed by atoms with van der Waals surface area (Å²) in [7, 11) is 0. The van der Waals surface area contributed by atoms with E-state index >= 15 is 0 Å². The van der Waals surface area contributed by atoms with Crippen molar-refractivity contribution in [2.75, 3.05) is 26.2 Å². The van der Waals surface area contributed by atoms with Crippen LogP contribution in [0.3, 0.4) is 0 Å². The van der Waals surface area contributed by atoms with Crippen LogP contribution in [-0.2, 0) is 0 Å². The van der Waals surface area contributed by atoms with Gasteiger partial charge < -0.3 is 9.73 Å². The van der Waals surface area contributed by atoms with Crippen molar-refractivity contribution in [3.63, 3.8) is 0 Å². The van der Waals surface area contributed by atoms with Crippen LogP contribution in [0.25, 0.3) is 0 Å². The molecule has 1 aliphatic heterocycles. The van der Waals surface area contributed by atoms with E-state index in [1.54, 1.807) is 12.5 Å². The zero-order valence-electron chi connectivity index (χ0n) is 8.28. The van der Waals surface area contributed by atoms with Crippen LogP contribution < -0.4 is 5.32 Å². The average Bonchev–Trinajstić information content (AvgIpc) is 2.74. The van der Waals surface area contributed by atoms with Crippen LogP contribution in [0.1, 0.15) is 11.6 Å². The predicted molar refractivity (Wildman–Crippen MR) is 56.1 cm³/mol. The molecule has 2 rings (SSSR count). The molecular weight excluding hydrogens is 176 g/mol. The van der Waals surface area contributed by atoms with Crippen molar-refractivity contribution in [3.8, 4) is 0 Å². The Morgan fingerprint density at radius 2 is 2.29 bits per heavy atom. The third-order valence-electron chi connectivity index (χ3n) is 2.65. The molecule has 2 heterocycles. The Morgan fingerprint density at radius 1 is 1.50 bits per heavy atom. The molecule has 0 unspecified atom stereocenters. The first-order valence-electron chi connectivity index (χ1n) is 5.01. The summed E-state index contributed by atoms with van der Waals surface area (Å²) in [4.78, 5) is 2.41. The minimum atomic E-state index is 0.302. The van der Waals surface area contributed by atoms with Gasteiger partial charge in [0.25, 0.3) is 0 Å². The van der Waals surface area contributed by atoms with Crippen molar-refractivity contribution in [1.29, 1.82) is 0 Å². The van der Waals surface area contributed by atoms with E-state index in [2.05, 4.69) is 16.8 Å². The zero-order valence-corrected chi connectivity index (χ0v) is 8.28. The number of hydrogen-bond donors (Lipinski definition) is 1. The van der Waals surface area contributed by atoms with Crippen LogP contribution in [0, 0.1) is 0 Å². The Labute approximate surface area is 84.4 Å². The Bertz CT molecular complexity index is 275. The minimum Gasteiger partial charge on any atom is -0.472 e. The van der Waals surface area contributed by atoms with Gasteiger partial charge in [-0.05, 0) is 6.07 Å². The van der Waals surface area contributed by atoms with Crippen LogP contribution in [0.4, 0.5) is 0 Å². The molecule has 1 atom stereocenters. The molecule has 0 saturated carbocycles. The highest BCUT2D eigenvalue weighted by atomic mass is 16.3. The lowest BCUT2D eigenvalue weighted by Crippen LogP contribution is -2.44. The fourth-order valence-electron chi connectivity index (χ4n) is 1.90. The Kier molecular flexibility index (Phi) is 3.01. The van der Waals surface area contributed by atoms with Crippen molar-refractivity contribution in [2.24, 2.45) is 0 Å². The van der Waals surface area contributed by atoms with Crippen LogP contribution in [-0.4, -0.2) is 31.1 Å². The van der Waals surface area contributed by atoms with Gasteiger partial charge in [0, 0.05) is 31.7 Å². The second-order valence-electron chi connectivity index (χ2n) is 3.52. The van der Waals surface area contributed by atoms with Gasteiger partial charge in [0.15, 0.2) is 0 Å². The van der Waals surface area contributed by atoms with Crippen LogP contribution in [0.2, 0.25) is 0 Å². The van der Waals surface area contributed by atoms with E-state index in [1.807, 2.05) is 12.1 Å². The summed E-state index contributed by atoms with van der Waals surface area (Å²) in [6.07, 6.45) is 5.50. The third-order valence-corrected chi connectivity index (χ3v) is 2.65. The van der Waals surface area contributed by atoms with Gasteiger partial charge in [-0.25, -0.2) is 0 Å². The highest BCUT2D eigenvalue weighted by Crippen LogP contribution is 2.22. The van der Waals surface area contributed by atoms with Gasteiger partial charge in [-0.2, -0.15) is 0 Å². The highest BCUT2D eigenvalue weighted by Gasteiger charge is 2.19. The second-order valence-corrected chi connectivity index (χ2v) is 3.52. The van der Waals surface area contributed by atoms with Crippen LogP contribution in [0.15, 0.2) is 35.7 Å². The Hall–Kier alpha value is -1.06. The summed E-state index contributed by atoms with van der Waals surface area (Å²) in [5, 5.41) is 3.34.